The number of thiazole rings is 1. The lowest BCUT2D eigenvalue weighted by Crippen LogP contribution is -2.15. The molecule has 134 valence electrons. The van der Waals surface area contributed by atoms with Gasteiger partial charge in [0.2, 0.25) is 0 Å². The Morgan fingerprint density at radius 1 is 1.12 bits per heavy atom. The van der Waals surface area contributed by atoms with Crippen LogP contribution >= 0.6 is 11.3 Å². The summed E-state index contributed by atoms with van der Waals surface area (Å²) in [7, 11) is 0. The molecule has 3 rings (SSSR count). The van der Waals surface area contributed by atoms with E-state index in [-0.39, 0.29) is 11.3 Å². The normalized spacial score (nSPS) is 11.2. The van der Waals surface area contributed by atoms with Crippen LogP contribution in [0.25, 0.3) is 0 Å². The van der Waals surface area contributed by atoms with E-state index in [1.807, 2.05) is 53.9 Å². The molecule has 0 saturated heterocycles. The monoisotopic (exact) mass is 366 g/mol. The summed E-state index contributed by atoms with van der Waals surface area (Å²) >= 11 is 1.53. The number of nitrogens with one attached hydrogen (secondary N) is 1. The fraction of sp³-hybridized carbons (Fsp3) is 0.238. The molecule has 1 N–H and O–H groups in total. The smallest absolute Gasteiger partial charge is 0.255 e. The van der Waals surface area contributed by atoms with Crippen LogP contribution in [0.5, 0.6) is 5.75 Å². The van der Waals surface area contributed by atoms with E-state index in [1.54, 1.807) is 5.51 Å². The molecule has 0 aliphatic rings. The number of hydrogen-bond acceptors (Lipinski definition) is 4. The molecule has 0 unspecified atom stereocenters. The maximum atomic E-state index is 12.6. The minimum Gasteiger partial charge on any atom is -0.485 e. The minimum atomic E-state index is -0.157. The molecule has 0 radical (unpaired) electrons. The van der Waals surface area contributed by atoms with Gasteiger partial charge in [-0.2, -0.15) is 0 Å². The maximum absolute atomic E-state index is 12.6. The number of carbonyl (C=O) groups excluding carboxylic acids is 1. The van der Waals surface area contributed by atoms with Gasteiger partial charge in [0.15, 0.2) is 0 Å². The molecule has 0 bridgehead atoms. The summed E-state index contributed by atoms with van der Waals surface area (Å²) in [4.78, 5) is 16.8. The van der Waals surface area contributed by atoms with Crippen molar-refractivity contribution in [2.24, 2.45) is 0 Å². The molecule has 2 aromatic carbocycles. The van der Waals surface area contributed by atoms with E-state index >= 15 is 0 Å². The fourth-order valence-electron chi connectivity index (χ4n) is 2.47. The number of benzene rings is 2. The van der Waals surface area contributed by atoms with Crippen LogP contribution < -0.4 is 10.1 Å². The van der Waals surface area contributed by atoms with Crippen molar-refractivity contribution >= 4 is 22.9 Å². The number of para-hydroxylation sites is 2. The number of amides is 1. The Morgan fingerprint density at radius 2 is 1.85 bits per heavy atom. The zero-order chi connectivity index (χ0) is 18.6. The van der Waals surface area contributed by atoms with Gasteiger partial charge < -0.3 is 10.1 Å². The van der Waals surface area contributed by atoms with Crippen LogP contribution in [0, 0.1) is 0 Å². The lowest BCUT2D eigenvalue weighted by molar-refractivity contribution is 0.102. The molecule has 4 nitrogen and oxygen atoms in total. The number of rotatable bonds is 5. The topological polar surface area (TPSA) is 51.2 Å². The van der Waals surface area contributed by atoms with Crippen LogP contribution in [0.1, 0.15) is 42.4 Å². The van der Waals surface area contributed by atoms with Crippen molar-refractivity contribution in [2.75, 3.05) is 5.32 Å². The Morgan fingerprint density at radius 3 is 2.50 bits per heavy atom. The molecule has 1 amide bonds. The summed E-state index contributed by atoms with van der Waals surface area (Å²) in [6.07, 6.45) is 0. The van der Waals surface area contributed by atoms with Crippen molar-refractivity contribution in [3.8, 4) is 5.75 Å². The van der Waals surface area contributed by atoms with E-state index in [0.29, 0.717) is 23.6 Å². The van der Waals surface area contributed by atoms with Crippen LogP contribution in [-0.2, 0) is 12.0 Å². The van der Waals surface area contributed by atoms with Gasteiger partial charge in [0.1, 0.15) is 12.4 Å². The van der Waals surface area contributed by atoms with Crippen molar-refractivity contribution in [2.45, 2.75) is 32.8 Å². The maximum Gasteiger partial charge on any atom is 0.255 e. The third-order valence-corrected chi connectivity index (χ3v) is 4.64. The molecule has 0 aliphatic carbocycles. The number of nitrogens with zero attached hydrogens (tertiary/aromatic N) is 1. The Labute approximate surface area is 157 Å². The predicted molar refractivity (Wildman–Crippen MR) is 106 cm³/mol. The van der Waals surface area contributed by atoms with Gasteiger partial charge in [-0.05, 0) is 35.2 Å². The summed E-state index contributed by atoms with van der Waals surface area (Å²) in [5, 5.41) is 4.88. The first-order chi connectivity index (χ1) is 12.4. The Bertz CT molecular complexity index is 866. The highest BCUT2D eigenvalue weighted by atomic mass is 32.1. The third-order valence-electron chi connectivity index (χ3n) is 4.01. The zero-order valence-electron chi connectivity index (χ0n) is 15.2. The van der Waals surface area contributed by atoms with Crippen LogP contribution in [0.3, 0.4) is 0 Å². The van der Waals surface area contributed by atoms with Crippen molar-refractivity contribution in [3.63, 3.8) is 0 Å². The van der Waals surface area contributed by atoms with Crippen LogP contribution in [0.4, 0.5) is 5.69 Å². The zero-order valence-corrected chi connectivity index (χ0v) is 16.0. The summed E-state index contributed by atoms with van der Waals surface area (Å²) in [6.45, 7) is 6.82. The molecule has 5 heteroatoms. The number of hydrogen-bond donors (Lipinski definition) is 1. The molecule has 0 saturated carbocycles. The van der Waals surface area contributed by atoms with Crippen molar-refractivity contribution in [1.82, 2.24) is 4.98 Å². The molecule has 3 aromatic rings. The van der Waals surface area contributed by atoms with Gasteiger partial charge in [-0.25, -0.2) is 4.98 Å². The Hall–Kier alpha value is -2.66. The van der Waals surface area contributed by atoms with Gasteiger partial charge >= 0.3 is 0 Å². The first-order valence-corrected chi connectivity index (χ1v) is 9.38. The molecular formula is C21H22N2O2S. The van der Waals surface area contributed by atoms with Crippen LogP contribution in [-0.4, -0.2) is 10.9 Å². The molecule has 0 spiro atoms. The quantitative estimate of drug-likeness (QED) is 0.669. The molecule has 0 fully saturated rings. The molecule has 1 aromatic heterocycles. The molecule has 0 aliphatic heterocycles. The SMILES string of the molecule is CC(C)(C)c1ccc(C(=O)Nc2ccccc2OCc2cscn2)cc1. The first kappa shape index (κ1) is 18.1. The number of anilines is 1. The predicted octanol–water partition coefficient (Wildman–Crippen LogP) is 5.27. The minimum absolute atomic E-state index is 0.0607. The average molecular weight is 366 g/mol. The van der Waals surface area contributed by atoms with Gasteiger partial charge in [0.05, 0.1) is 16.9 Å². The molecule has 0 atom stereocenters. The van der Waals surface area contributed by atoms with E-state index in [1.165, 1.54) is 16.9 Å². The first-order valence-electron chi connectivity index (χ1n) is 8.44. The number of aromatic nitrogens is 1. The lowest BCUT2D eigenvalue weighted by atomic mass is 9.87. The molecule has 26 heavy (non-hydrogen) atoms. The van der Waals surface area contributed by atoms with Gasteiger partial charge in [-0.3, -0.25) is 4.79 Å². The van der Waals surface area contributed by atoms with Crippen LogP contribution in [0.15, 0.2) is 59.4 Å². The van der Waals surface area contributed by atoms with Gasteiger partial charge in [-0.1, -0.05) is 45.0 Å². The average Bonchev–Trinajstić information content (AvgIpc) is 3.14. The van der Waals surface area contributed by atoms with Gasteiger partial charge in [0.25, 0.3) is 5.91 Å². The summed E-state index contributed by atoms with van der Waals surface area (Å²) in [5.41, 5.74) is 5.16. The van der Waals surface area contributed by atoms with Crippen LogP contribution in [0.2, 0.25) is 0 Å². The van der Waals surface area contributed by atoms with Gasteiger partial charge in [-0.15, -0.1) is 11.3 Å². The second kappa shape index (κ2) is 7.70. The molecular weight excluding hydrogens is 344 g/mol. The van der Waals surface area contributed by atoms with E-state index in [0.717, 1.165) is 5.69 Å². The molecule has 1 heterocycles. The van der Waals surface area contributed by atoms with Gasteiger partial charge in [0, 0.05) is 10.9 Å². The highest BCUT2D eigenvalue weighted by molar-refractivity contribution is 7.07. The Balaban J connectivity index is 1.71. The van der Waals surface area contributed by atoms with E-state index in [4.69, 9.17) is 4.74 Å². The second-order valence-electron chi connectivity index (χ2n) is 7.05. The third kappa shape index (κ3) is 4.49. The van der Waals surface area contributed by atoms with E-state index < -0.39 is 0 Å². The van der Waals surface area contributed by atoms with E-state index in [2.05, 4.69) is 31.1 Å². The highest BCUT2D eigenvalue weighted by Crippen LogP contribution is 2.26. The summed E-state index contributed by atoms with van der Waals surface area (Å²) in [6, 6.07) is 15.1. The summed E-state index contributed by atoms with van der Waals surface area (Å²) in [5.74, 6) is 0.468. The van der Waals surface area contributed by atoms with Crippen molar-refractivity contribution in [3.05, 3.63) is 76.2 Å². The van der Waals surface area contributed by atoms with Crippen molar-refractivity contribution in [1.29, 1.82) is 0 Å². The standard InChI is InChI=1S/C21H22N2O2S/c1-21(2,3)16-10-8-15(9-11-16)20(24)23-18-6-4-5-7-19(18)25-12-17-13-26-14-22-17/h4-11,13-14H,12H2,1-3H3,(H,23,24). The summed E-state index contributed by atoms with van der Waals surface area (Å²) < 4.78 is 5.81. The Kier molecular flexibility index (Phi) is 5.38. The van der Waals surface area contributed by atoms with Crippen molar-refractivity contribution < 1.29 is 9.53 Å². The lowest BCUT2D eigenvalue weighted by Gasteiger charge is -2.19. The highest BCUT2D eigenvalue weighted by Gasteiger charge is 2.15. The number of carbonyl (C=O) groups is 1. The largest absolute Gasteiger partial charge is 0.485 e. The second-order valence-corrected chi connectivity index (χ2v) is 7.76. The van der Waals surface area contributed by atoms with E-state index in [9.17, 15) is 4.79 Å². The fourth-order valence-corrected chi connectivity index (χ4v) is 3.02. The number of ether oxygens (including phenoxy) is 1.